The number of imide groups is 1. The summed E-state index contributed by atoms with van der Waals surface area (Å²) in [7, 11) is 1.64. The quantitative estimate of drug-likeness (QED) is 0.388. The first-order valence-corrected chi connectivity index (χ1v) is 10.5. The number of hydrogen-bond donors (Lipinski definition) is 2. The number of benzene rings is 2. The van der Waals surface area contributed by atoms with Crippen molar-refractivity contribution in [3.63, 3.8) is 0 Å². The van der Waals surface area contributed by atoms with Crippen molar-refractivity contribution in [2.75, 3.05) is 26.7 Å². The molecule has 0 aromatic heterocycles. The van der Waals surface area contributed by atoms with Crippen LogP contribution in [0.5, 0.6) is 5.75 Å². The number of rotatable bonds is 7. The monoisotopic (exact) mass is 445 g/mol. The van der Waals surface area contributed by atoms with Gasteiger partial charge in [0.2, 0.25) is 0 Å². The Hall–Kier alpha value is -2.64. The normalized spacial score (nSPS) is 17.8. The van der Waals surface area contributed by atoms with Crippen LogP contribution in [0.15, 0.2) is 36.4 Å². The SMILES string of the molecule is COc1ccc2cc(C(=O)CCCCN3CCC4(CC3)NC(=O)NC4=O)ccc2c1.Cl. The van der Waals surface area contributed by atoms with E-state index in [-0.39, 0.29) is 30.1 Å². The summed E-state index contributed by atoms with van der Waals surface area (Å²) in [4.78, 5) is 38.3. The van der Waals surface area contributed by atoms with Gasteiger partial charge in [0, 0.05) is 25.1 Å². The van der Waals surface area contributed by atoms with Crippen molar-refractivity contribution in [1.82, 2.24) is 15.5 Å². The number of ether oxygens (including phenoxy) is 1. The molecule has 166 valence electrons. The fourth-order valence-corrected chi connectivity index (χ4v) is 4.33. The Balaban J connectivity index is 0.00000272. The second kappa shape index (κ2) is 9.66. The molecule has 0 unspecified atom stereocenters. The second-order valence-electron chi connectivity index (χ2n) is 8.14. The minimum Gasteiger partial charge on any atom is -0.497 e. The lowest BCUT2D eigenvalue weighted by molar-refractivity contribution is -0.125. The van der Waals surface area contributed by atoms with E-state index >= 15 is 0 Å². The van der Waals surface area contributed by atoms with Gasteiger partial charge < -0.3 is 15.0 Å². The number of Topliss-reactive ketones (excluding diaryl/α,β-unsaturated/α-hetero) is 1. The Morgan fingerprint density at radius 2 is 1.77 bits per heavy atom. The molecule has 2 N–H and O–H groups in total. The summed E-state index contributed by atoms with van der Waals surface area (Å²) in [6.45, 7) is 2.45. The first-order chi connectivity index (χ1) is 14.5. The number of likely N-dealkylation sites (tertiary alicyclic amines) is 1. The number of nitrogens with one attached hydrogen (secondary N) is 2. The minimum atomic E-state index is -0.719. The Morgan fingerprint density at radius 1 is 1.06 bits per heavy atom. The van der Waals surface area contributed by atoms with Crippen molar-refractivity contribution in [2.24, 2.45) is 0 Å². The van der Waals surface area contributed by atoms with E-state index < -0.39 is 5.54 Å². The summed E-state index contributed by atoms with van der Waals surface area (Å²) in [6, 6.07) is 11.2. The van der Waals surface area contributed by atoms with Crippen molar-refractivity contribution < 1.29 is 19.1 Å². The van der Waals surface area contributed by atoms with E-state index in [9.17, 15) is 14.4 Å². The number of amides is 3. The Morgan fingerprint density at radius 3 is 2.45 bits per heavy atom. The largest absolute Gasteiger partial charge is 0.497 e. The third kappa shape index (κ3) is 4.99. The fraction of sp³-hybridized carbons (Fsp3) is 0.435. The van der Waals surface area contributed by atoms with Gasteiger partial charge in [-0.1, -0.05) is 18.2 Å². The number of halogens is 1. The molecule has 2 heterocycles. The molecular weight excluding hydrogens is 418 g/mol. The van der Waals surface area contributed by atoms with Crippen molar-refractivity contribution in [3.05, 3.63) is 42.0 Å². The number of hydrogen-bond acceptors (Lipinski definition) is 5. The molecule has 2 aromatic carbocycles. The number of nitrogens with zero attached hydrogens (tertiary/aromatic N) is 1. The highest BCUT2D eigenvalue weighted by molar-refractivity contribution is 6.07. The molecule has 2 saturated heterocycles. The topological polar surface area (TPSA) is 87.7 Å². The molecule has 2 aromatic rings. The van der Waals surface area contributed by atoms with E-state index in [1.165, 1.54) is 0 Å². The molecule has 2 aliphatic heterocycles. The molecule has 31 heavy (non-hydrogen) atoms. The lowest BCUT2D eigenvalue weighted by Gasteiger charge is -2.36. The van der Waals surface area contributed by atoms with Crippen LogP contribution in [-0.4, -0.2) is 54.9 Å². The van der Waals surface area contributed by atoms with E-state index in [1.807, 2.05) is 36.4 Å². The van der Waals surface area contributed by atoms with Crippen molar-refractivity contribution in [2.45, 2.75) is 37.6 Å². The zero-order chi connectivity index (χ0) is 21.1. The molecule has 0 atom stereocenters. The molecule has 1 spiro atoms. The highest BCUT2D eigenvalue weighted by atomic mass is 35.5. The molecule has 0 radical (unpaired) electrons. The van der Waals surface area contributed by atoms with Gasteiger partial charge in [0.1, 0.15) is 11.3 Å². The molecule has 3 amide bonds. The molecule has 2 aliphatic rings. The predicted molar refractivity (Wildman–Crippen MR) is 121 cm³/mol. The van der Waals surface area contributed by atoms with Crippen LogP contribution in [-0.2, 0) is 4.79 Å². The number of piperidine rings is 1. The number of methoxy groups -OCH3 is 1. The molecule has 4 rings (SSSR count). The summed E-state index contributed by atoms with van der Waals surface area (Å²) >= 11 is 0. The highest BCUT2D eigenvalue weighted by Gasteiger charge is 2.47. The Bertz CT molecular complexity index is 986. The maximum absolute atomic E-state index is 12.6. The van der Waals surface area contributed by atoms with Gasteiger partial charge in [0.05, 0.1) is 7.11 Å². The van der Waals surface area contributed by atoms with Crippen LogP contribution in [0.1, 0.15) is 42.5 Å². The van der Waals surface area contributed by atoms with Crippen LogP contribution in [0.4, 0.5) is 4.79 Å². The molecule has 8 heteroatoms. The zero-order valence-corrected chi connectivity index (χ0v) is 18.4. The third-order valence-electron chi connectivity index (χ3n) is 6.22. The molecule has 0 bridgehead atoms. The lowest BCUT2D eigenvalue weighted by atomic mass is 9.87. The van der Waals surface area contributed by atoms with E-state index in [0.717, 1.165) is 54.6 Å². The molecule has 7 nitrogen and oxygen atoms in total. The summed E-state index contributed by atoms with van der Waals surface area (Å²) in [5.74, 6) is 0.767. The van der Waals surface area contributed by atoms with Gasteiger partial charge in [0.15, 0.2) is 5.78 Å². The van der Waals surface area contributed by atoms with Crippen LogP contribution in [0.25, 0.3) is 10.8 Å². The number of carbonyl (C=O) groups is 3. The number of fused-ring (bicyclic) bond motifs is 1. The van der Waals surface area contributed by atoms with Crippen LogP contribution in [0, 0.1) is 0 Å². The van der Waals surface area contributed by atoms with Gasteiger partial charge in [-0.25, -0.2) is 4.79 Å². The van der Waals surface area contributed by atoms with Gasteiger partial charge >= 0.3 is 6.03 Å². The minimum absolute atomic E-state index is 0. The summed E-state index contributed by atoms with van der Waals surface area (Å²) < 4.78 is 5.24. The van der Waals surface area contributed by atoms with Crippen molar-refractivity contribution >= 4 is 40.9 Å². The smallest absolute Gasteiger partial charge is 0.322 e. The standard InChI is InChI=1S/C23H27N3O4.ClH/c1-30-19-8-7-16-14-18(6-5-17(16)15-19)20(27)4-2-3-11-26-12-9-23(10-13-26)21(28)24-22(29)25-23;/h5-8,14-15H,2-4,9-13H2,1H3,(H2,24,25,28,29);1H. The number of carbonyl (C=O) groups excluding carboxylic acids is 3. The maximum Gasteiger partial charge on any atom is 0.322 e. The van der Waals surface area contributed by atoms with Crippen molar-refractivity contribution in [1.29, 1.82) is 0 Å². The molecule has 2 fully saturated rings. The molecule has 0 aliphatic carbocycles. The Kier molecular flexibility index (Phi) is 7.18. The average molecular weight is 446 g/mol. The number of urea groups is 1. The fourth-order valence-electron chi connectivity index (χ4n) is 4.33. The molecular formula is C23H28ClN3O4. The van der Waals surface area contributed by atoms with E-state index in [2.05, 4.69) is 15.5 Å². The first kappa shape index (κ1) is 23.0. The van der Waals surface area contributed by atoms with Gasteiger partial charge in [-0.15, -0.1) is 12.4 Å². The summed E-state index contributed by atoms with van der Waals surface area (Å²) in [5.41, 5.74) is 0.0273. The summed E-state index contributed by atoms with van der Waals surface area (Å²) in [5, 5.41) is 7.21. The average Bonchev–Trinajstić information content (AvgIpc) is 3.04. The third-order valence-corrected chi connectivity index (χ3v) is 6.22. The molecule has 0 saturated carbocycles. The maximum atomic E-state index is 12.6. The van der Waals surface area contributed by atoms with Gasteiger partial charge in [-0.3, -0.25) is 14.9 Å². The van der Waals surface area contributed by atoms with Gasteiger partial charge in [-0.2, -0.15) is 0 Å². The predicted octanol–water partition coefficient (Wildman–Crippen LogP) is 3.30. The van der Waals surface area contributed by atoms with Crippen LogP contribution >= 0.6 is 12.4 Å². The van der Waals surface area contributed by atoms with E-state index in [4.69, 9.17) is 4.74 Å². The number of unbranched alkanes of at least 4 members (excludes halogenated alkanes) is 1. The van der Waals surface area contributed by atoms with Crippen molar-refractivity contribution in [3.8, 4) is 5.75 Å². The van der Waals surface area contributed by atoms with Gasteiger partial charge in [-0.05, 0) is 61.2 Å². The van der Waals surface area contributed by atoms with E-state index in [0.29, 0.717) is 19.3 Å². The first-order valence-electron chi connectivity index (χ1n) is 10.5. The second-order valence-corrected chi connectivity index (χ2v) is 8.14. The van der Waals surface area contributed by atoms with Gasteiger partial charge in [0.25, 0.3) is 5.91 Å². The van der Waals surface area contributed by atoms with Crippen LogP contribution < -0.4 is 15.4 Å². The zero-order valence-electron chi connectivity index (χ0n) is 17.6. The van der Waals surface area contributed by atoms with E-state index in [1.54, 1.807) is 7.11 Å². The lowest BCUT2D eigenvalue weighted by Crippen LogP contribution is -2.54. The number of ketones is 1. The Labute approximate surface area is 187 Å². The van der Waals surface area contributed by atoms with Crippen LogP contribution in [0.2, 0.25) is 0 Å². The highest BCUT2D eigenvalue weighted by Crippen LogP contribution is 2.26. The van der Waals surface area contributed by atoms with Crippen LogP contribution in [0.3, 0.4) is 0 Å². The summed E-state index contributed by atoms with van der Waals surface area (Å²) in [6.07, 6.45) is 3.55.